The number of carbonyl (C=O) groups is 1. The van der Waals surface area contributed by atoms with Crippen LogP contribution >= 0.6 is 11.8 Å². The molecular weight excluding hydrogens is 312 g/mol. The van der Waals surface area contributed by atoms with Crippen LogP contribution < -0.4 is 5.56 Å². The number of carbonyl (C=O) groups excluding carboxylic acids is 1. The molecule has 0 saturated carbocycles. The highest BCUT2D eigenvalue weighted by molar-refractivity contribution is 7.99. The van der Waals surface area contributed by atoms with Crippen LogP contribution in [0.25, 0.3) is 0 Å². The molecule has 0 radical (unpaired) electrons. The van der Waals surface area contributed by atoms with Gasteiger partial charge in [0.15, 0.2) is 5.16 Å². The van der Waals surface area contributed by atoms with Crippen LogP contribution in [0.1, 0.15) is 31.5 Å². The summed E-state index contributed by atoms with van der Waals surface area (Å²) in [7, 11) is 2.07. The van der Waals surface area contributed by atoms with Crippen molar-refractivity contribution in [3.63, 3.8) is 0 Å². The number of hydrogen-bond donors (Lipinski definition) is 0. The van der Waals surface area contributed by atoms with Crippen molar-refractivity contribution in [2.75, 3.05) is 39.0 Å². The van der Waals surface area contributed by atoms with Gasteiger partial charge in [0.05, 0.1) is 6.04 Å². The molecule has 0 unspecified atom stereocenters. The fraction of sp³-hybridized carbons (Fsp3) is 0.688. The van der Waals surface area contributed by atoms with Gasteiger partial charge in [-0.2, -0.15) is 0 Å². The van der Waals surface area contributed by atoms with Gasteiger partial charge < -0.3 is 9.80 Å². The summed E-state index contributed by atoms with van der Waals surface area (Å²) in [4.78, 5) is 33.6. The molecule has 3 rings (SSSR count). The Balaban J connectivity index is 1.70. The third-order valence-electron chi connectivity index (χ3n) is 4.52. The molecule has 1 fully saturated rings. The van der Waals surface area contributed by atoms with Crippen molar-refractivity contribution in [3.05, 3.63) is 22.1 Å². The van der Waals surface area contributed by atoms with E-state index in [0.29, 0.717) is 6.42 Å². The predicted octanol–water partition coefficient (Wildman–Crippen LogP) is 1.01. The molecule has 0 bridgehead atoms. The normalized spacial score (nSPS) is 21.5. The summed E-state index contributed by atoms with van der Waals surface area (Å²) >= 11 is 1.59. The quantitative estimate of drug-likeness (QED) is 0.768. The van der Waals surface area contributed by atoms with Crippen LogP contribution in [0.15, 0.2) is 16.0 Å². The fourth-order valence-corrected chi connectivity index (χ4v) is 4.29. The second-order valence-corrected chi connectivity index (χ2v) is 7.33. The number of likely N-dealkylation sites (N-methyl/N-ethyl adjacent to an activating group) is 1. The lowest BCUT2D eigenvalue weighted by molar-refractivity contribution is -0.133. The van der Waals surface area contributed by atoms with Crippen molar-refractivity contribution >= 4 is 17.7 Å². The fourth-order valence-electron chi connectivity index (χ4n) is 3.12. The van der Waals surface area contributed by atoms with E-state index in [1.165, 1.54) is 0 Å². The monoisotopic (exact) mass is 336 g/mol. The molecule has 7 heteroatoms. The van der Waals surface area contributed by atoms with Crippen molar-refractivity contribution in [2.45, 2.75) is 37.4 Å². The molecule has 3 heterocycles. The standard InChI is InChI=1S/C16H24N4O2S/c1-3-4-12-9-15(22)20-13(11-23-16(20)17-12)10-14(21)19-7-5-18(2)6-8-19/h9,13H,3-8,10-11H2,1-2H3/t13-/m0/s1. The summed E-state index contributed by atoms with van der Waals surface area (Å²) in [6, 6.07) is 1.57. The molecule has 0 spiro atoms. The third-order valence-corrected chi connectivity index (χ3v) is 5.61. The number of aromatic nitrogens is 2. The van der Waals surface area contributed by atoms with Gasteiger partial charge in [-0.1, -0.05) is 25.1 Å². The molecule has 6 nitrogen and oxygen atoms in total. The highest BCUT2D eigenvalue weighted by atomic mass is 32.2. The van der Waals surface area contributed by atoms with Crippen LogP contribution in [0.4, 0.5) is 0 Å². The molecule has 1 saturated heterocycles. The van der Waals surface area contributed by atoms with Gasteiger partial charge >= 0.3 is 0 Å². The first-order chi connectivity index (χ1) is 11.1. The molecule has 23 heavy (non-hydrogen) atoms. The lowest BCUT2D eigenvalue weighted by Gasteiger charge is -2.33. The predicted molar refractivity (Wildman–Crippen MR) is 90.9 cm³/mol. The summed E-state index contributed by atoms with van der Waals surface area (Å²) in [5.74, 6) is 0.915. The Bertz CT molecular complexity index is 637. The molecule has 2 aliphatic heterocycles. The van der Waals surface area contributed by atoms with E-state index >= 15 is 0 Å². The topological polar surface area (TPSA) is 58.4 Å². The van der Waals surface area contributed by atoms with Crippen LogP contribution in [0, 0.1) is 0 Å². The molecule has 1 atom stereocenters. The van der Waals surface area contributed by atoms with Gasteiger partial charge in [-0.05, 0) is 13.5 Å². The minimum absolute atomic E-state index is 0.0142. The third kappa shape index (κ3) is 3.61. The molecule has 0 aromatic carbocycles. The Kier molecular flexibility index (Phi) is 5.06. The minimum atomic E-state index is -0.0576. The molecule has 126 valence electrons. The SMILES string of the molecule is CCCc1cc(=O)n2c(n1)SC[C@@H]2CC(=O)N1CCN(C)CC1. The van der Waals surface area contributed by atoms with Gasteiger partial charge in [0.25, 0.3) is 5.56 Å². The number of fused-ring (bicyclic) bond motifs is 1. The number of piperazine rings is 1. The summed E-state index contributed by atoms with van der Waals surface area (Å²) < 4.78 is 1.72. The Morgan fingerprint density at radius 2 is 2.09 bits per heavy atom. The zero-order valence-corrected chi connectivity index (χ0v) is 14.6. The number of hydrogen-bond acceptors (Lipinski definition) is 5. The maximum atomic E-state index is 12.5. The van der Waals surface area contributed by atoms with Crippen molar-refractivity contribution in [2.24, 2.45) is 0 Å². The Morgan fingerprint density at radius 1 is 1.35 bits per heavy atom. The molecule has 0 N–H and O–H groups in total. The van der Waals surface area contributed by atoms with Crippen molar-refractivity contribution in [1.82, 2.24) is 19.4 Å². The summed E-state index contributed by atoms with van der Waals surface area (Å²) in [5.41, 5.74) is 0.849. The minimum Gasteiger partial charge on any atom is -0.340 e. The average Bonchev–Trinajstić information content (AvgIpc) is 2.91. The molecule has 2 aliphatic rings. The van der Waals surface area contributed by atoms with Crippen LogP contribution in [0.2, 0.25) is 0 Å². The van der Waals surface area contributed by atoms with Gasteiger partial charge in [-0.25, -0.2) is 4.98 Å². The number of rotatable bonds is 4. The smallest absolute Gasteiger partial charge is 0.254 e. The second-order valence-electron chi connectivity index (χ2n) is 6.34. The van der Waals surface area contributed by atoms with E-state index in [2.05, 4.69) is 23.9 Å². The van der Waals surface area contributed by atoms with E-state index < -0.39 is 0 Å². The van der Waals surface area contributed by atoms with E-state index in [1.54, 1.807) is 22.4 Å². The first kappa shape index (κ1) is 16.5. The van der Waals surface area contributed by atoms with Crippen molar-refractivity contribution in [3.8, 4) is 0 Å². The molecule has 1 amide bonds. The van der Waals surface area contributed by atoms with E-state index in [4.69, 9.17) is 0 Å². The summed E-state index contributed by atoms with van der Waals surface area (Å²) in [6.45, 7) is 5.49. The summed E-state index contributed by atoms with van der Waals surface area (Å²) in [5, 5.41) is 0.775. The number of nitrogens with zero attached hydrogens (tertiary/aromatic N) is 4. The van der Waals surface area contributed by atoms with Crippen molar-refractivity contribution in [1.29, 1.82) is 0 Å². The molecule has 1 aromatic heterocycles. The molecular formula is C16H24N4O2S. The van der Waals surface area contributed by atoms with E-state index in [1.807, 2.05) is 4.90 Å². The zero-order chi connectivity index (χ0) is 16.4. The Labute approximate surface area is 140 Å². The highest BCUT2D eigenvalue weighted by Crippen LogP contribution is 2.32. The number of aryl methyl sites for hydroxylation is 1. The van der Waals surface area contributed by atoms with Gasteiger partial charge in [0.1, 0.15) is 0 Å². The second kappa shape index (κ2) is 7.05. The number of amides is 1. The van der Waals surface area contributed by atoms with Gasteiger partial charge in [0.2, 0.25) is 5.91 Å². The highest BCUT2D eigenvalue weighted by Gasteiger charge is 2.30. The molecule has 1 aromatic rings. The lowest BCUT2D eigenvalue weighted by Crippen LogP contribution is -2.47. The van der Waals surface area contributed by atoms with Crippen LogP contribution in [-0.2, 0) is 11.2 Å². The van der Waals surface area contributed by atoms with Crippen LogP contribution in [0.5, 0.6) is 0 Å². The molecule has 0 aliphatic carbocycles. The lowest BCUT2D eigenvalue weighted by atomic mass is 10.2. The van der Waals surface area contributed by atoms with Gasteiger partial charge in [0, 0.05) is 50.1 Å². The Morgan fingerprint density at radius 3 is 2.78 bits per heavy atom. The summed E-state index contributed by atoms with van der Waals surface area (Å²) in [6.07, 6.45) is 2.21. The van der Waals surface area contributed by atoms with E-state index in [9.17, 15) is 9.59 Å². The maximum absolute atomic E-state index is 12.5. The van der Waals surface area contributed by atoms with Gasteiger partial charge in [-0.15, -0.1) is 0 Å². The maximum Gasteiger partial charge on any atom is 0.254 e. The van der Waals surface area contributed by atoms with E-state index in [0.717, 1.165) is 55.6 Å². The van der Waals surface area contributed by atoms with Crippen molar-refractivity contribution < 1.29 is 4.79 Å². The van der Waals surface area contributed by atoms with Gasteiger partial charge in [-0.3, -0.25) is 14.2 Å². The largest absolute Gasteiger partial charge is 0.340 e. The van der Waals surface area contributed by atoms with E-state index in [-0.39, 0.29) is 17.5 Å². The first-order valence-corrected chi connectivity index (χ1v) is 9.28. The van der Waals surface area contributed by atoms with Crippen LogP contribution in [-0.4, -0.2) is 64.2 Å². The van der Waals surface area contributed by atoms with Crippen LogP contribution in [0.3, 0.4) is 0 Å². The average molecular weight is 336 g/mol. The Hall–Kier alpha value is -1.34. The number of thioether (sulfide) groups is 1. The first-order valence-electron chi connectivity index (χ1n) is 8.30. The zero-order valence-electron chi connectivity index (χ0n) is 13.8.